The van der Waals surface area contributed by atoms with Crippen molar-refractivity contribution < 1.29 is 4.79 Å². The van der Waals surface area contributed by atoms with Gasteiger partial charge in [0.05, 0.1) is 25.0 Å². The monoisotopic (exact) mass is 256 g/mol. The van der Waals surface area contributed by atoms with E-state index in [-0.39, 0.29) is 18.7 Å². The fourth-order valence-corrected chi connectivity index (χ4v) is 1.70. The number of carbonyl (C=O) groups excluding carboxylic acids is 1. The predicted molar refractivity (Wildman–Crippen MR) is 70.4 cm³/mol. The number of nitrogens with zero attached hydrogens (tertiary/aromatic N) is 3. The summed E-state index contributed by atoms with van der Waals surface area (Å²) < 4.78 is 0. The van der Waals surface area contributed by atoms with E-state index in [1.54, 1.807) is 12.1 Å². The lowest BCUT2D eigenvalue weighted by Gasteiger charge is -2.24. The number of hydrogen-bond donors (Lipinski definition) is 1. The number of amides is 1. The Morgan fingerprint density at radius 3 is 2.16 bits per heavy atom. The molecule has 1 amide bonds. The number of benzene rings is 1. The van der Waals surface area contributed by atoms with E-state index in [9.17, 15) is 4.79 Å². The van der Waals surface area contributed by atoms with Crippen molar-refractivity contribution in [3.8, 4) is 12.1 Å². The summed E-state index contributed by atoms with van der Waals surface area (Å²) in [6.45, 7) is 0.606. The molecular formula is C14H16N4O. The Morgan fingerprint density at radius 1 is 1.16 bits per heavy atom. The van der Waals surface area contributed by atoms with Crippen LogP contribution in [-0.4, -0.2) is 23.9 Å². The van der Waals surface area contributed by atoms with Gasteiger partial charge in [-0.25, -0.2) is 0 Å². The highest BCUT2D eigenvalue weighted by molar-refractivity contribution is 5.83. The molecule has 0 saturated carbocycles. The standard InChI is InChI=1S/C14H16N4O/c15-8-4-10-18(11-5-9-16)14(19)13(17)12-6-2-1-3-7-12/h1-3,6-7,13H,4-5,10-11,17H2/t13-/m0/s1. The molecule has 0 bridgehead atoms. The average molecular weight is 256 g/mol. The molecular weight excluding hydrogens is 240 g/mol. The summed E-state index contributed by atoms with van der Waals surface area (Å²) in [5.41, 5.74) is 6.65. The van der Waals surface area contributed by atoms with Crippen LogP contribution in [0.3, 0.4) is 0 Å². The second kappa shape index (κ2) is 7.86. The molecule has 2 N–H and O–H groups in total. The Kier molecular flexibility index (Phi) is 6.08. The van der Waals surface area contributed by atoms with Crippen molar-refractivity contribution in [1.82, 2.24) is 4.90 Å². The minimum absolute atomic E-state index is 0.235. The molecule has 0 fully saturated rings. The third-order valence-corrected chi connectivity index (χ3v) is 2.72. The number of rotatable bonds is 6. The third kappa shape index (κ3) is 4.42. The maximum absolute atomic E-state index is 12.2. The normalized spacial score (nSPS) is 11.1. The summed E-state index contributed by atoms with van der Waals surface area (Å²) >= 11 is 0. The molecule has 0 aromatic heterocycles. The van der Waals surface area contributed by atoms with Gasteiger partial charge in [0.25, 0.3) is 0 Å². The minimum Gasteiger partial charge on any atom is -0.339 e. The van der Waals surface area contributed by atoms with Crippen molar-refractivity contribution in [3.05, 3.63) is 35.9 Å². The van der Waals surface area contributed by atoms with Gasteiger partial charge in [0, 0.05) is 13.1 Å². The Morgan fingerprint density at radius 2 is 1.68 bits per heavy atom. The SMILES string of the molecule is N#CCCN(CCC#N)C(=O)[C@@H](N)c1ccccc1. The summed E-state index contributed by atoms with van der Waals surface area (Å²) in [6, 6.07) is 12.3. The van der Waals surface area contributed by atoms with Gasteiger partial charge in [-0.1, -0.05) is 30.3 Å². The molecule has 5 nitrogen and oxygen atoms in total. The van der Waals surface area contributed by atoms with E-state index < -0.39 is 6.04 Å². The molecule has 0 unspecified atom stereocenters. The van der Waals surface area contributed by atoms with Crippen molar-refractivity contribution in [2.75, 3.05) is 13.1 Å². The lowest BCUT2D eigenvalue weighted by Crippen LogP contribution is -2.39. The topological polar surface area (TPSA) is 93.9 Å². The molecule has 1 aromatic carbocycles. The van der Waals surface area contributed by atoms with Gasteiger partial charge in [0.15, 0.2) is 0 Å². The Hall–Kier alpha value is -2.37. The van der Waals surface area contributed by atoms with Crippen LogP contribution in [0, 0.1) is 22.7 Å². The number of nitrogens with two attached hydrogens (primary N) is 1. The van der Waals surface area contributed by atoms with Gasteiger partial charge in [-0.2, -0.15) is 10.5 Å². The molecule has 1 rings (SSSR count). The van der Waals surface area contributed by atoms with Gasteiger partial charge in [0.2, 0.25) is 5.91 Å². The summed E-state index contributed by atoms with van der Waals surface area (Å²) in [7, 11) is 0. The van der Waals surface area contributed by atoms with Crippen LogP contribution in [0.2, 0.25) is 0 Å². The summed E-state index contributed by atoms with van der Waals surface area (Å²) in [4.78, 5) is 13.7. The van der Waals surface area contributed by atoms with E-state index in [0.717, 1.165) is 5.56 Å². The quantitative estimate of drug-likeness (QED) is 0.831. The molecule has 1 aromatic rings. The molecule has 0 radical (unpaired) electrons. The molecule has 19 heavy (non-hydrogen) atoms. The lowest BCUT2D eigenvalue weighted by atomic mass is 10.1. The van der Waals surface area contributed by atoms with E-state index in [1.807, 2.05) is 30.3 Å². The number of nitriles is 2. The van der Waals surface area contributed by atoms with Gasteiger partial charge in [0.1, 0.15) is 6.04 Å². The van der Waals surface area contributed by atoms with E-state index in [1.165, 1.54) is 4.90 Å². The van der Waals surface area contributed by atoms with Gasteiger partial charge in [-0.3, -0.25) is 4.79 Å². The van der Waals surface area contributed by atoms with Crippen molar-refractivity contribution >= 4 is 5.91 Å². The van der Waals surface area contributed by atoms with Crippen LogP contribution in [0.4, 0.5) is 0 Å². The molecule has 0 aliphatic carbocycles. The van der Waals surface area contributed by atoms with E-state index in [0.29, 0.717) is 13.1 Å². The highest BCUT2D eigenvalue weighted by Gasteiger charge is 2.21. The van der Waals surface area contributed by atoms with Crippen LogP contribution in [0.15, 0.2) is 30.3 Å². The van der Waals surface area contributed by atoms with Crippen LogP contribution in [0.1, 0.15) is 24.4 Å². The molecule has 0 saturated heterocycles. The Bertz CT molecular complexity index is 468. The Balaban J connectivity index is 2.75. The fraction of sp³-hybridized carbons (Fsp3) is 0.357. The number of carbonyl (C=O) groups is 1. The van der Waals surface area contributed by atoms with E-state index in [4.69, 9.17) is 16.3 Å². The molecule has 98 valence electrons. The second-order valence-corrected chi connectivity index (χ2v) is 4.03. The molecule has 0 aliphatic heterocycles. The Labute approximate surface area is 112 Å². The second-order valence-electron chi connectivity index (χ2n) is 4.03. The lowest BCUT2D eigenvalue weighted by molar-refractivity contribution is -0.132. The van der Waals surface area contributed by atoms with Gasteiger partial charge < -0.3 is 10.6 Å². The summed E-state index contributed by atoms with van der Waals surface area (Å²) in [5.74, 6) is -0.253. The first kappa shape index (κ1) is 14.7. The van der Waals surface area contributed by atoms with Gasteiger partial charge in [-0.05, 0) is 5.56 Å². The van der Waals surface area contributed by atoms with Crippen molar-refractivity contribution in [2.24, 2.45) is 5.73 Å². The zero-order valence-electron chi connectivity index (χ0n) is 10.6. The molecule has 0 spiro atoms. The van der Waals surface area contributed by atoms with Crippen LogP contribution in [-0.2, 0) is 4.79 Å². The van der Waals surface area contributed by atoms with Gasteiger partial charge >= 0.3 is 0 Å². The van der Waals surface area contributed by atoms with Crippen molar-refractivity contribution in [1.29, 1.82) is 10.5 Å². The van der Waals surface area contributed by atoms with Crippen molar-refractivity contribution in [3.63, 3.8) is 0 Å². The van der Waals surface area contributed by atoms with Crippen LogP contribution < -0.4 is 5.73 Å². The first-order valence-corrected chi connectivity index (χ1v) is 6.04. The molecule has 0 aliphatic rings. The van der Waals surface area contributed by atoms with Gasteiger partial charge in [-0.15, -0.1) is 0 Å². The smallest absolute Gasteiger partial charge is 0.244 e. The highest BCUT2D eigenvalue weighted by atomic mass is 16.2. The predicted octanol–water partition coefficient (Wildman–Crippen LogP) is 1.34. The third-order valence-electron chi connectivity index (χ3n) is 2.72. The average Bonchev–Trinajstić information content (AvgIpc) is 2.47. The van der Waals surface area contributed by atoms with Crippen molar-refractivity contribution in [2.45, 2.75) is 18.9 Å². The largest absolute Gasteiger partial charge is 0.339 e. The maximum atomic E-state index is 12.2. The highest BCUT2D eigenvalue weighted by Crippen LogP contribution is 2.13. The first-order chi connectivity index (χ1) is 9.20. The summed E-state index contributed by atoms with van der Waals surface area (Å²) in [5, 5.41) is 17.2. The van der Waals surface area contributed by atoms with Crippen LogP contribution in [0.5, 0.6) is 0 Å². The van der Waals surface area contributed by atoms with E-state index in [2.05, 4.69) is 0 Å². The van der Waals surface area contributed by atoms with Crippen LogP contribution in [0.25, 0.3) is 0 Å². The maximum Gasteiger partial charge on any atom is 0.244 e. The summed E-state index contributed by atoms with van der Waals surface area (Å²) in [6.07, 6.45) is 0.470. The first-order valence-electron chi connectivity index (χ1n) is 6.04. The zero-order chi connectivity index (χ0) is 14.1. The molecule has 0 heterocycles. The zero-order valence-corrected chi connectivity index (χ0v) is 10.6. The molecule has 5 heteroatoms. The molecule has 1 atom stereocenters. The number of hydrogen-bond acceptors (Lipinski definition) is 4. The van der Waals surface area contributed by atoms with Crippen LogP contribution >= 0.6 is 0 Å². The van der Waals surface area contributed by atoms with E-state index >= 15 is 0 Å². The fourth-order valence-electron chi connectivity index (χ4n) is 1.70. The minimum atomic E-state index is -0.751.